The highest BCUT2D eigenvalue weighted by atomic mass is 35.5. The van der Waals surface area contributed by atoms with Gasteiger partial charge >= 0.3 is 0 Å². The van der Waals surface area contributed by atoms with Gasteiger partial charge in [0, 0.05) is 35.0 Å². The summed E-state index contributed by atoms with van der Waals surface area (Å²) in [6.07, 6.45) is 2.60. The Kier molecular flexibility index (Phi) is 4.57. The van der Waals surface area contributed by atoms with Gasteiger partial charge in [0.25, 0.3) is 0 Å². The van der Waals surface area contributed by atoms with Gasteiger partial charge in [0.1, 0.15) is 0 Å². The molecule has 1 saturated heterocycles. The number of hydrogen-bond acceptors (Lipinski definition) is 2. The third kappa shape index (κ3) is 3.55. The summed E-state index contributed by atoms with van der Waals surface area (Å²) >= 11 is 11.3. The van der Waals surface area contributed by atoms with E-state index in [4.69, 9.17) is 23.2 Å². The monoisotopic (exact) mass is 270 g/mol. The van der Waals surface area contributed by atoms with Crippen molar-refractivity contribution in [2.75, 3.05) is 29.9 Å². The second-order valence-corrected chi connectivity index (χ2v) is 4.85. The Labute approximate surface area is 112 Å². The molecule has 1 aromatic rings. The fourth-order valence-electron chi connectivity index (χ4n) is 1.99. The molecule has 0 amide bonds. The van der Waals surface area contributed by atoms with E-state index in [9.17, 15) is 0 Å². The molecule has 0 atom stereocenters. The first-order valence-corrected chi connectivity index (χ1v) is 6.64. The maximum atomic E-state index is 5.81. The molecular weight excluding hydrogens is 255 g/mol. The van der Waals surface area contributed by atoms with E-state index in [1.165, 1.54) is 37.2 Å². The molecule has 1 aromatic carbocycles. The van der Waals surface area contributed by atoms with Crippen LogP contribution < -0.4 is 10.2 Å². The van der Waals surface area contributed by atoms with Crippen LogP contribution in [0.25, 0.3) is 0 Å². The van der Waals surface area contributed by atoms with Crippen molar-refractivity contribution in [1.82, 2.24) is 0 Å². The Bertz CT molecular complexity index is 381. The molecule has 1 N–H and O–H groups in total. The molecule has 0 aromatic heterocycles. The van der Waals surface area contributed by atoms with Crippen LogP contribution in [0, 0.1) is 0 Å². The molecule has 0 aliphatic carbocycles. The summed E-state index contributed by atoms with van der Waals surface area (Å²) in [4.78, 5) is 2.41. The minimum atomic E-state index is 0.564. The third-order valence-electron chi connectivity index (χ3n) is 2.92. The lowest BCUT2D eigenvalue weighted by molar-refractivity contribution is 0.949. The number of rotatable bonds is 4. The smallest absolute Gasteiger partial charge is 0.0516 e. The standard InChI is InChI=1S/C13H16Cl2N2/c14-9-11(15)10-16-12-3-5-13(6-4-12)17-7-1-2-8-17/h3-6,9,16H,1-2,7-8,10H2. The lowest BCUT2D eigenvalue weighted by atomic mass is 10.2. The summed E-state index contributed by atoms with van der Waals surface area (Å²) < 4.78 is 0. The molecule has 0 saturated carbocycles. The largest absolute Gasteiger partial charge is 0.380 e. The van der Waals surface area contributed by atoms with Gasteiger partial charge in [0.15, 0.2) is 0 Å². The SMILES string of the molecule is ClC=C(Cl)CNc1ccc(N2CCCC2)cc1. The van der Waals surface area contributed by atoms with Crippen molar-refractivity contribution in [1.29, 1.82) is 0 Å². The van der Waals surface area contributed by atoms with Crippen LogP contribution in [0.2, 0.25) is 0 Å². The van der Waals surface area contributed by atoms with Gasteiger partial charge in [0.05, 0.1) is 6.54 Å². The van der Waals surface area contributed by atoms with Gasteiger partial charge < -0.3 is 10.2 Å². The number of halogens is 2. The van der Waals surface area contributed by atoms with Crippen molar-refractivity contribution in [3.63, 3.8) is 0 Å². The zero-order chi connectivity index (χ0) is 12.1. The van der Waals surface area contributed by atoms with Gasteiger partial charge in [-0.3, -0.25) is 0 Å². The highest BCUT2D eigenvalue weighted by Crippen LogP contribution is 2.22. The van der Waals surface area contributed by atoms with Gasteiger partial charge in [-0.25, -0.2) is 0 Å². The molecule has 0 unspecified atom stereocenters. The van der Waals surface area contributed by atoms with Crippen molar-refractivity contribution in [2.24, 2.45) is 0 Å². The fourth-order valence-corrected chi connectivity index (χ4v) is 2.13. The van der Waals surface area contributed by atoms with Crippen LogP contribution in [0.5, 0.6) is 0 Å². The van der Waals surface area contributed by atoms with Crippen LogP contribution in [-0.2, 0) is 0 Å². The fraction of sp³-hybridized carbons (Fsp3) is 0.385. The summed E-state index contributed by atoms with van der Waals surface area (Å²) in [7, 11) is 0. The average molecular weight is 271 g/mol. The zero-order valence-electron chi connectivity index (χ0n) is 9.63. The summed E-state index contributed by atoms with van der Waals surface area (Å²) in [6.45, 7) is 2.91. The van der Waals surface area contributed by atoms with Crippen molar-refractivity contribution in [2.45, 2.75) is 12.8 Å². The zero-order valence-corrected chi connectivity index (χ0v) is 11.1. The predicted molar refractivity (Wildman–Crippen MR) is 76.2 cm³/mol. The van der Waals surface area contributed by atoms with E-state index in [-0.39, 0.29) is 0 Å². The lowest BCUT2D eigenvalue weighted by Gasteiger charge is -2.17. The third-order valence-corrected chi connectivity index (χ3v) is 3.54. The maximum Gasteiger partial charge on any atom is 0.0516 e. The predicted octanol–water partition coefficient (Wildman–Crippen LogP) is 4.02. The van der Waals surface area contributed by atoms with E-state index in [1.54, 1.807) is 0 Å². The molecule has 2 nitrogen and oxygen atoms in total. The maximum absolute atomic E-state index is 5.81. The molecule has 1 fully saturated rings. The first kappa shape index (κ1) is 12.6. The van der Waals surface area contributed by atoms with E-state index in [2.05, 4.69) is 34.5 Å². The molecular formula is C13H16Cl2N2. The molecule has 1 aliphatic rings. The molecule has 17 heavy (non-hydrogen) atoms. The van der Waals surface area contributed by atoms with Gasteiger partial charge in [-0.2, -0.15) is 0 Å². The Hall–Kier alpha value is -0.860. The molecule has 0 bridgehead atoms. The van der Waals surface area contributed by atoms with Crippen LogP contribution in [0.15, 0.2) is 34.8 Å². The van der Waals surface area contributed by atoms with Crippen LogP contribution in [-0.4, -0.2) is 19.6 Å². The van der Waals surface area contributed by atoms with Crippen LogP contribution in [0.3, 0.4) is 0 Å². The molecule has 0 spiro atoms. The highest BCUT2D eigenvalue weighted by molar-refractivity contribution is 6.36. The first-order valence-electron chi connectivity index (χ1n) is 5.83. The summed E-state index contributed by atoms with van der Waals surface area (Å²) in [5.41, 5.74) is 3.74. The number of benzene rings is 1. The van der Waals surface area contributed by atoms with Gasteiger partial charge in [-0.05, 0) is 37.1 Å². The van der Waals surface area contributed by atoms with Crippen molar-refractivity contribution < 1.29 is 0 Å². The molecule has 1 heterocycles. The Balaban J connectivity index is 1.93. The minimum absolute atomic E-state index is 0.564. The molecule has 2 rings (SSSR count). The van der Waals surface area contributed by atoms with E-state index in [1.807, 2.05) is 0 Å². The highest BCUT2D eigenvalue weighted by Gasteiger charge is 2.11. The Morgan fingerprint density at radius 2 is 1.88 bits per heavy atom. The van der Waals surface area contributed by atoms with Crippen molar-refractivity contribution >= 4 is 34.6 Å². The van der Waals surface area contributed by atoms with E-state index in [0.29, 0.717) is 11.6 Å². The summed E-state index contributed by atoms with van der Waals surface area (Å²) in [5, 5.41) is 3.82. The first-order chi connectivity index (χ1) is 8.29. The molecule has 1 aliphatic heterocycles. The van der Waals surface area contributed by atoms with Gasteiger partial charge in [-0.1, -0.05) is 23.2 Å². The molecule has 0 radical (unpaired) electrons. The Morgan fingerprint density at radius 1 is 1.24 bits per heavy atom. The van der Waals surface area contributed by atoms with E-state index < -0.39 is 0 Å². The normalized spacial score (nSPS) is 16.4. The van der Waals surface area contributed by atoms with Gasteiger partial charge in [-0.15, -0.1) is 0 Å². The topological polar surface area (TPSA) is 15.3 Å². The number of nitrogens with zero attached hydrogens (tertiary/aromatic N) is 1. The van der Waals surface area contributed by atoms with Gasteiger partial charge in [0.2, 0.25) is 0 Å². The lowest BCUT2D eigenvalue weighted by Crippen LogP contribution is -2.17. The minimum Gasteiger partial charge on any atom is -0.380 e. The van der Waals surface area contributed by atoms with Crippen molar-refractivity contribution in [3.8, 4) is 0 Å². The summed E-state index contributed by atoms with van der Waals surface area (Å²) in [5.74, 6) is 0. The molecule has 4 heteroatoms. The second kappa shape index (κ2) is 6.18. The van der Waals surface area contributed by atoms with E-state index >= 15 is 0 Å². The number of hydrogen-bond donors (Lipinski definition) is 1. The van der Waals surface area contributed by atoms with Crippen LogP contribution in [0.1, 0.15) is 12.8 Å². The molecule has 92 valence electrons. The second-order valence-electron chi connectivity index (χ2n) is 4.15. The average Bonchev–Trinajstić information content (AvgIpc) is 2.90. The quantitative estimate of drug-likeness (QED) is 0.889. The number of anilines is 2. The van der Waals surface area contributed by atoms with Crippen molar-refractivity contribution in [3.05, 3.63) is 34.8 Å². The number of nitrogens with one attached hydrogen (secondary N) is 1. The van der Waals surface area contributed by atoms with E-state index in [0.717, 1.165) is 5.69 Å². The van der Waals surface area contributed by atoms with Crippen LogP contribution >= 0.6 is 23.2 Å². The summed E-state index contributed by atoms with van der Waals surface area (Å²) in [6, 6.07) is 8.44. The Morgan fingerprint density at radius 3 is 2.47 bits per heavy atom. The van der Waals surface area contributed by atoms with Crippen LogP contribution in [0.4, 0.5) is 11.4 Å².